The maximum atomic E-state index is 5.61. The normalized spacial score (nSPS) is 12.2. The number of rotatable bonds is 6. The van der Waals surface area contributed by atoms with Crippen LogP contribution in [-0.2, 0) is 9.47 Å². The fraction of sp³-hybridized carbons (Fsp3) is 0.700. The van der Waals surface area contributed by atoms with E-state index in [0.717, 1.165) is 12.3 Å². The summed E-state index contributed by atoms with van der Waals surface area (Å²) in [5.74, 6) is 0. The van der Waals surface area contributed by atoms with E-state index < -0.39 is 0 Å². The van der Waals surface area contributed by atoms with Gasteiger partial charge in [-0.3, -0.25) is 0 Å². The quantitative estimate of drug-likeness (QED) is 0.550. The van der Waals surface area contributed by atoms with Crippen molar-refractivity contribution >= 4 is 19.7 Å². The van der Waals surface area contributed by atoms with Gasteiger partial charge in [-0.15, -0.1) is 11.3 Å². The van der Waals surface area contributed by atoms with Crippen LogP contribution in [0.15, 0.2) is 5.51 Å². The summed E-state index contributed by atoms with van der Waals surface area (Å²) in [5.41, 5.74) is 2.92. The van der Waals surface area contributed by atoms with E-state index in [2.05, 4.69) is 4.98 Å². The van der Waals surface area contributed by atoms with Gasteiger partial charge in [-0.1, -0.05) is 0 Å². The Morgan fingerprint density at radius 2 is 2.20 bits per heavy atom. The minimum Gasteiger partial charge on any atom is -0.379 e. The van der Waals surface area contributed by atoms with Gasteiger partial charge >= 0.3 is 0 Å². The number of ether oxygens (including phenoxy) is 2. The highest BCUT2D eigenvalue weighted by atomic mass is 32.1. The Kier molecular flexibility index (Phi) is 7.65. The smallest absolute Gasteiger partial charge is 0.0908 e. The number of thiazole rings is 1. The molecule has 0 aliphatic heterocycles. The van der Waals surface area contributed by atoms with E-state index in [1.54, 1.807) is 11.3 Å². The lowest BCUT2D eigenvalue weighted by atomic mass is 10.3. The Balaban J connectivity index is 0.00000196. The minimum absolute atomic E-state index is 0. The largest absolute Gasteiger partial charge is 0.379 e. The third kappa shape index (κ3) is 4.77. The van der Waals surface area contributed by atoms with Crippen molar-refractivity contribution in [1.29, 1.82) is 0 Å². The fourth-order valence-electron chi connectivity index (χ4n) is 1.20. The summed E-state index contributed by atoms with van der Waals surface area (Å²) in [4.78, 5) is 5.40. The molecular weight excluding hydrogens is 209 g/mol. The molecule has 0 aliphatic rings. The van der Waals surface area contributed by atoms with E-state index in [1.165, 1.54) is 4.88 Å². The second kappa shape index (κ2) is 7.85. The van der Waals surface area contributed by atoms with Gasteiger partial charge in [0.1, 0.15) is 0 Å². The van der Waals surface area contributed by atoms with E-state index in [1.807, 2.05) is 26.3 Å². The third-order valence-electron chi connectivity index (χ3n) is 1.95. The topological polar surface area (TPSA) is 31.4 Å². The highest BCUT2D eigenvalue weighted by Crippen LogP contribution is 2.23. The molecule has 1 heterocycles. The maximum absolute atomic E-state index is 5.61. The van der Waals surface area contributed by atoms with Gasteiger partial charge in [0, 0.05) is 15.0 Å². The van der Waals surface area contributed by atoms with Crippen molar-refractivity contribution < 1.29 is 9.47 Å². The highest BCUT2D eigenvalue weighted by Gasteiger charge is 2.10. The molecule has 15 heavy (non-hydrogen) atoms. The third-order valence-corrected chi connectivity index (χ3v) is 3.04. The van der Waals surface area contributed by atoms with Crippen LogP contribution in [0.25, 0.3) is 0 Å². The average molecular weight is 226 g/mol. The Labute approximate surface area is 97.4 Å². The molecule has 0 bridgehead atoms. The summed E-state index contributed by atoms with van der Waals surface area (Å²) < 4.78 is 10.8. The lowest BCUT2D eigenvalue weighted by Crippen LogP contribution is -2.07. The van der Waals surface area contributed by atoms with Crippen LogP contribution < -0.4 is 0 Å². The summed E-state index contributed by atoms with van der Waals surface area (Å²) >= 11 is 1.64. The molecule has 1 aromatic rings. The van der Waals surface area contributed by atoms with Crippen molar-refractivity contribution in [2.75, 3.05) is 19.8 Å². The summed E-state index contributed by atoms with van der Waals surface area (Å²) in [6.07, 6.45) is 0.128. The van der Waals surface area contributed by atoms with Gasteiger partial charge in [0.05, 0.1) is 35.4 Å². The zero-order chi connectivity index (χ0) is 10.4. The number of aryl methyl sites for hydroxylation is 1. The molecule has 0 aromatic carbocycles. The number of hydrogen-bond donors (Lipinski definition) is 0. The van der Waals surface area contributed by atoms with Crippen LogP contribution >= 0.6 is 11.3 Å². The minimum atomic E-state index is 0. The van der Waals surface area contributed by atoms with Crippen LogP contribution in [0.4, 0.5) is 0 Å². The molecule has 1 unspecified atom stereocenters. The predicted molar refractivity (Wildman–Crippen MR) is 63.5 cm³/mol. The number of hydrogen-bond acceptors (Lipinski definition) is 4. The molecule has 5 heteroatoms. The van der Waals surface area contributed by atoms with Gasteiger partial charge in [-0.2, -0.15) is 0 Å². The van der Waals surface area contributed by atoms with E-state index in [0.29, 0.717) is 13.2 Å². The van der Waals surface area contributed by atoms with Crippen LogP contribution in [0.1, 0.15) is 30.5 Å². The fourth-order valence-corrected chi connectivity index (χ4v) is 2.01. The maximum Gasteiger partial charge on any atom is 0.0908 e. The Bertz CT molecular complexity index is 268. The van der Waals surface area contributed by atoms with Crippen molar-refractivity contribution in [3.63, 3.8) is 0 Å². The molecule has 3 nitrogen and oxygen atoms in total. The van der Waals surface area contributed by atoms with Crippen molar-refractivity contribution in [3.05, 3.63) is 16.1 Å². The molecule has 0 spiro atoms. The molecule has 83 valence electrons. The van der Waals surface area contributed by atoms with Crippen molar-refractivity contribution in [2.24, 2.45) is 0 Å². The average Bonchev–Trinajstić information content (AvgIpc) is 2.59. The van der Waals surface area contributed by atoms with Crippen molar-refractivity contribution in [1.82, 2.24) is 4.98 Å². The van der Waals surface area contributed by atoms with Crippen LogP contribution in [0.5, 0.6) is 0 Å². The molecule has 3 radical (unpaired) electrons. The number of aromatic nitrogens is 1. The first kappa shape index (κ1) is 14.6. The summed E-state index contributed by atoms with van der Waals surface area (Å²) in [7, 11) is 0. The van der Waals surface area contributed by atoms with E-state index in [-0.39, 0.29) is 14.5 Å². The molecule has 0 amide bonds. The Hall–Kier alpha value is -0.385. The molecule has 0 saturated carbocycles. The first-order valence-corrected chi connectivity index (χ1v) is 5.73. The van der Waals surface area contributed by atoms with Gasteiger partial charge in [0.2, 0.25) is 0 Å². The Morgan fingerprint density at radius 1 is 1.47 bits per heavy atom. The van der Waals surface area contributed by atoms with Crippen molar-refractivity contribution in [2.45, 2.75) is 26.9 Å². The number of nitrogens with zero attached hydrogens (tertiary/aromatic N) is 1. The summed E-state index contributed by atoms with van der Waals surface area (Å²) in [6.45, 7) is 8.10. The molecule has 1 aromatic heterocycles. The van der Waals surface area contributed by atoms with E-state index in [9.17, 15) is 0 Å². The molecule has 0 aliphatic carbocycles. The van der Waals surface area contributed by atoms with Gasteiger partial charge in [0.25, 0.3) is 0 Å². The SMILES string of the molecule is CCOCCOC(C)c1scnc1C.[B]. The van der Waals surface area contributed by atoms with Crippen LogP contribution in [0.3, 0.4) is 0 Å². The first-order valence-electron chi connectivity index (χ1n) is 4.85. The zero-order valence-corrected chi connectivity index (χ0v) is 10.3. The van der Waals surface area contributed by atoms with Crippen LogP contribution in [0, 0.1) is 6.92 Å². The monoisotopic (exact) mass is 226 g/mol. The molecule has 1 rings (SSSR count). The van der Waals surface area contributed by atoms with E-state index >= 15 is 0 Å². The lowest BCUT2D eigenvalue weighted by Gasteiger charge is -2.11. The van der Waals surface area contributed by atoms with Gasteiger partial charge < -0.3 is 9.47 Å². The highest BCUT2D eigenvalue weighted by molar-refractivity contribution is 7.09. The second-order valence-corrected chi connectivity index (χ2v) is 3.90. The molecular formula is C10H17BNO2S. The summed E-state index contributed by atoms with van der Waals surface area (Å²) in [5, 5.41) is 0. The van der Waals surface area contributed by atoms with Crippen LogP contribution in [0.2, 0.25) is 0 Å². The van der Waals surface area contributed by atoms with Gasteiger partial charge in [-0.05, 0) is 20.8 Å². The van der Waals surface area contributed by atoms with Gasteiger partial charge in [-0.25, -0.2) is 4.98 Å². The van der Waals surface area contributed by atoms with E-state index in [4.69, 9.17) is 9.47 Å². The van der Waals surface area contributed by atoms with Crippen LogP contribution in [-0.4, -0.2) is 33.2 Å². The van der Waals surface area contributed by atoms with Crippen molar-refractivity contribution in [3.8, 4) is 0 Å². The zero-order valence-electron chi connectivity index (χ0n) is 9.53. The molecule has 0 saturated heterocycles. The first-order chi connectivity index (χ1) is 6.75. The standard InChI is InChI=1S/C10H17NO2S.B/c1-4-12-5-6-13-9(3)10-8(2)11-7-14-10;/h7,9H,4-6H2,1-3H3;. The Morgan fingerprint density at radius 3 is 2.73 bits per heavy atom. The lowest BCUT2D eigenvalue weighted by molar-refractivity contribution is 0.0157. The second-order valence-electron chi connectivity index (χ2n) is 3.01. The molecule has 0 N–H and O–H groups in total. The van der Waals surface area contributed by atoms with Gasteiger partial charge in [0.15, 0.2) is 0 Å². The summed E-state index contributed by atoms with van der Waals surface area (Å²) in [6, 6.07) is 0. The predicted octanol–water partition coefficient (Wildman–Crippen LogP) is 2.18. The molecule has 1 atom stereocenters. The molecule has 0 fully saturated rings.